The molecule has 0 saturated heterocycles. The van der Waals surface area contributed by atoms with Crippen molar-refractivity contribution in [3.63, 3.8) is 0 Å². The maximum absolute atomic E-state index is 11.9. The highest BCUT2D eigenvalue weighted by Crippen LogP contribution is 2.12. The summed E-state index contributed by atoms with van der Waals surface area (Å²) in [5.74, 6) is 1.66. The van der Waals surface area contributed by atoms with Crippen molar-refractivity contribution < 1.29 is 13.9 Å². The Morgan fingerprint density at radius 1 is 1.47 bits per heavy atom. The minimum absolute atomic E-state index is 0.00379. The molecule has 4 heteroatoms. The van der Waals surface area contributed by atoms with Crippen LogP contribution in [0.5, 0.6) is 0 Å². The Bertz CT molecular complexity index is 357. The van der Waals surface area contributed by atoms with Crippen LogP contribution in [0.3, 0.4) is 0 Å². The first-order chi connectivity index (χ1) is 8.04. The Balaban J connectivity index is 2.63. The van der Waals surface area contributed by atoms with E-state index in [-0.39, 0.29) is 18.6 Å². The largest absolute Gasteiger partial charge is 0.464 e. The number of hydrogen-bond acceptors (Lipinski definition) is 3. The van der Waals surface area contributed by atoms with Gasteiger partial charge in [0, 0.05) is 12.6 Å². The molecule has 96 valence electrons. The van der Waals surface area contributed by atoms with Gasteiger partial charge in [0.05, 0.1) is 6.54 Å². The predicted octanol–water partition coefficient (Wildman–Crippen LogP) is 2.36. The summed E-state index contributed by atoms with van der Waals surface area (Å²) in [6.45, 7) is 8.93. The van der Waals surface area contributed by atoms with Crippen molar-refractivity contribution in [2.24, 2.45) is 0 Å². The molecule has 17 heavy (non-hydrogen) atoms. The molecule has 0 spiro atoms. The van der Waals surface area contributed by atoms with Gasteiger partial charge in [-0.25, -0.2) is 0 Å². The lowest BCUT2D eigenvalue weighted by Gasteiger charge is -2.25. The van der Waals surface area contributed by atoms with Gasteiger partial charge in [0.1, 0.15) is 18.1 Å². The lowest BCUT2D eigenvalue weighted by Crippen LogP contribution is -2.38. The van der Waals surface area contributed by atoms with Crippen molar-refractivity contribution in [2.45, 2.75) is 40.3 Å². The monoisotopic (exact) mass is 239 g/mol. The molecule has 0 unspecified atom stereocenters. The molecule has 0 atom stereocenters. The lowest BCUT2D eigenvalue weighted by molar-refractivity contribution is -0.138. The van der Waals surface area contributed by atoms with E-state index >= 15 is 0 Å². The molecule has 0 aliphatic carbocycles. The van der Waals surface area contributed by atoms with Gasteiger partial charge in [0.25, 0.3) is 0 Å². The highest BCUT2D eigenvalue weighted by Gasteiger charge is 2.18. The Kier molecular flexibility index (Phi) is 5.22. The number of carbonyl (C=O) groups excluding carboxylic acids is 1. The quantitative estimate of drug-likeness (QED) is 0.765. The molecule has 0 bridgehead atoms. The minimum atomic E-state index is -0.00379. The summed E-state index contributed by atoms with van der Waals surface area (Å²) >= 11 is 0. The van der Waals surface area contributed by atoms with Crippen molar-refractivity contribution in [1.82, 2.24) is 4.90 Å². The summed E-state index contributed by atoms with van der Waals surface area (Å²) in [6.07, 6.45) is 0. The Hall–Kier alpha value is -1.29. The van der Waals surface area contributed by atoms with Crippen molar-refractivity contribution in [1.29, 1.82) is 0 Å². The molecular formula is C13H21NO3. The van der Waals surface area contributed by atoms with Crippen LogP contribution in [0.15, 0.2) is 16.5 Å². The third kappa shape index (κ3) is 4.23. The summed E-state index contributed by atoms with van der Waals surface area (Å²) < 4.78 is 10.6. The number of carbonyl (C=O) groups is 1. The second-order valence-corrected chi connectivity index (χ2v) is 4.26. The Labute approximate surface area is 103 Å². The molecule has 0 aliphatic heterocycles. The molecular weight excluding hydrogens is 218 g/mol. The van der Waals surface area contributed by atoms with Crippen LogP contribution in [0.4, 0.5) is 0 Å². The van der Waals surface area contributed by atoms with Crippen LogP contribution < -0.4 is 0 Å². The number of furan rings is 1. The molecule has 0 saturated carbocycles. The first kappa shape index (κ1) is 13.8. The van der Waals surface area contributed by atoms with Gasteiger partial charge in [-0.1, -0.05) is 0 Å². The molecule has 4 nitrogen and oxygen atoms in total. The highest BCUT2D eigenvalue weighted by atomic mass is 16.5. The summed E-state index contributed by atoms with van der Waals surface area (Å²) in [5, 5.41) is 0. The van der Waals surface area contributed by atoms with E-state index in [1.54, 1.807) is 4.90 Å². The number of amides is 1. The van der Waals surface area contributed by atoms with Gasteiger partial charge in [-0.2, -0.15) is 0 Å². The first-order valence-electron chi connectivity index (χ1n) is 5.97. The van der Waals surface area contributed by atoms with Crippen LogP contribution in [-0.2, 0) is 16.1 Å². The van der Waals surface area contributed by atoms with E-state index in [4.69, 9.17) is 9.15 Å². The van der Waals surface area contributed by atoms with E-state index in [1.807, 2.05) is 39.8 Å². The van der Waals surface area contributed by atoms with Crippen molar-refractivity contribution in [3.05, 3.63) is 23.7 Å². The molecule has 1 rings (SSSR count). The molecule has 1 aromatic heterocycles. The molecule has 0 aromatic carbocycles. The zero-order chi connectivity index (χ0) is 12.8. The zero-order valence-electron chi connectivity index (χ0n) is 11.0. The molecule has 1 heterocycles. The SMILES string of the molecule is CCOCC(=O)N(Cc1ccc(C)o1)C(C)C. The second kappa shape index (κ2) is 6.45. The van der Waals surface area contributed by atoms with Gasteiger partial charge in [-0.05, 0) is 39.8 Å². The van der Waals surface area contributed by atoms with Crippen LogP contribution in [0.1, 0.15) is 32.3 Å². The Morgan fingerprint density at radius 2 is 2.18 bits per heavy atom. The summed E-state index contributed by atoms with van der Waals surface area (Å²) in [7, 11) is 0. The molecule has 0 N–H and O–H groups in total. The van der Waals surface area contributed by atoms with Gasteiger partial charge >= 0.3 is 0 Å². The third-order valence-corrected chi connectivity index (χ3v) is 2.50. The average molecular weight is 239 g/mol. The second-order valence-electron chi connectivity index (χ2n) is 4.26. The number of nitrogens with zero attached hydrogens (tertiary/aromatic N) is 1. The fraction of sp³-hybridized carbons (Fsp3) is 0.615. The minimum Gasteiger partial charge on any atom is -0.464 e. The van der Waals surface area contributed by atoms with E-state index in [1.165, 1.54) is 0 Å². The summed E-state index contributed by atoms with van der Waals surface area (Å²) in [5.41, 5.74) is 0. The fourth-order valence-electron chi connectivity index (χ4n) is 1.57. The van der Waals surface area contributed by atoms with E-state index in [0.29, 0.717) is 13.2 Å². The van der Waals surface area contributed by atoms with Crippen molar-refractivity contribution >= 4 is 5.91 Å². The molecule has 0 radical (unpaired) electrons. The molecule has 1 amide bonds. The van der Waals surface area contributed by atoms with E-state index in [2.05, 4.69) is 0 Å². The maximum Gasteiger partial charge on any atom is 0.249 e. The van der Waals surface area contributed by atoms with Gasteiger partial charge in [-0.3, -0.25) is 4.79 Å². The summed E-state index contributed by atoms with van der Waals surface area (Å²) in [4.78, 5) is 13.7. The van der Waals surface area contributed by atoms with Crippen LogP contribution in [0, 0.1) is 6.92 Å². The van der Waals surface area contributed by atoms with Gasteiger partial charge < -0.3 is 14.1 Å². The van der Waals surface area contributed by atoms with Gasteiger partial charge in [0.15, 0.2) is 0 Å². The van der Waals surface area contributed by atoms with Crippen LogP contribution in [0.2, 0.25) is 0 Å². The fourth-order valence-corrected chi connectivity index (χ4v) is 1.57. The van der Waals surface area contributed by atoms with Crippen LogP contribution in [-0.4, -0.2) is 30.1 Å². The zero-order valence-corrected chi connectivity index (χ0v) is 11.0. The first-order valence-corrected chi connectivity index (χ1v) is 5.97. The predicted molar refractivity (Wildman–Crippen MR) is 65.6 cm³/mol. The number of aryl methyl sites for hydroxylation is 1. The lowest BCUT2D eigenvalue weighted by atomic mass is 10.3. The topological polar surface area (TPSA) is 42.7 Å². The van der Waals surface area contributed by atoms with Crippen molar-refractivity contribution in [3.8, 4) is 0 Å². The smallest absolute Gasteiger partial charge is 0.249 e. The van der Waals surface area contributed by atoms with Crippen LogP contribution in [0.25, 0.3) is 0 Å². The Morgan fingerprint density at radius 3 is 2.65 bits per heavy atom. The number of rotatable bonds is 6. The number of hydrogen-bond donors (Lipinski definition) is 0. The highest BCUT2D eigenvalue weighted by molar-refractivity contribution is 5.77. The average Bonchev–Trinajstić information content (AvgIpc) is 2.68. The molecule has 0 fully saturated rings. The van der Waals surface area contributed by atoms with Crippen molar-refractivity contribution in [2.75, 3.05) is 13.2 Å². The normalized spacial score (nSPS) is 10.9. The van der Waals surface area contributed by atoms with Gasteiger partial charge in [-0.15, -0.1) is 0 Å². The molecule has 1 aromatic rings. The summed E-state index contributed by atoms with van der Waals surface area (Å²) in [6, 6.07) is 3.94. The number of ether oxygens (including phenoxy) is 1. The standard InChI is InChI=1S/C13H21NO3/c1-5-16-9-13(15)14(10(2)3)8-12-7-6-11(4)17-12/h6-7,10H,5,8-9H2,1-4H3. The molecule has 0 aliphatic rings. The van der Waals surface area contributed by atoms with E-state index in [9.17, 15) is 4.79 Å². The van der Waals surface area contributed by atoms with Gasteiger partial charge in [0.2, 0.25) is 5.91 Å². The van der Waals surface area contributed by atoms with E-state index < -0.39 is 0 Å². The maximum atomic E-state index is 11.9. The van der Waals surface area contributed by atoms with Crippen LogP contribution >= 0.6 is 0 Å². The van der Waals surface area contributed by atoms with E-state index in [0.717, 1.165) is 11.5 Å². The third-order valence-electron chi connectivity index (χ3n) is 2.50.